The van der Waals surface area contributed by atoms with E-state index < -0.39 is 5.92 Å². The molecule has 4 heteroatoms. The Morgan fingerprint density at radius 3 is 2.25 bits per heavy atom. The molecule has 2 aromatic rings. The van der Waals surface area contributed by atoms with Crippen LogP contribution >= 0.6 is 0 Å². The van der Waals surface area contributed by atoms with Crippen molar-refractivity contribution in [1.29, 1.82) is 5.26 Å². The van der Waals surface area contributed by atoms with Gasteiger partial charge in [0.25, 0.3) is 0 Å². The summed E-state index contributed by atoms with van der Waals surface area (Å²) in [7, 11) is 1.75. The Balaban J connectivity index is 2.28. The second kappa shape index (κ2) is 5.70. The maximum atomic E-state index is 12.3. The summed E-state index contributed by atoms with van der Waals surface area (Å²) in [4.78, 5) is 12.3. The van der Waals surface area contributed by atoms with E-state index in [1.165, 1.54) is 5.56 Å². The van der Waals surface area contributed by atoms with Crippen molar-refractivity contribution >= 4 is 5.78 Å². The topological polar surface area (TPSA) is 58.7 Å². The van der Waals surface area contributed by atoms with E-state index in [0.29, 0.717) is 17.2 Å². The summed E-state index contributed by atoms with van der Waals surface area (Å²) in [6, 6.07) is 11.3. The maximum Gasteiger partial charge on any atom is 0.204 e. The van der Waals surface area contributed by atoms with Gasteiger partial charge in [0.15, 0.2) is 0 Å². The summed E-state index contributed by atoms with van der Waals surface area (Å²) in [5, 5.41) is 13.4. The fourth-order valence-electron chi connectivity index (χ4n) is 2.05. The number of nitrogens with zero attached hydrogens (tertiary/aromatic N) is 3. The van der Waals surface area contributed by atoms with Crippen LogP contribution in [-0.4, -0.2) is 15.6 Å². The van der Waals surface area contributed by atoms with Gasteiger partial charge in [0.1, 0.15) is 11.6 Å². The molecule has 0 spiro atoms. The predicted molar refractivity (Wildman–Crippen MR) is 76.4 cm³/mol. The lowest BCUT2D eigenvalue weighted by Crippen LogP contribution is -2.12. The van der Waals surface area contributed by atoms with E-state index in [2.05, 4.69) is 25.0 Å². The number of aryl methyl sites for hydroxylation is 1. The first-order chi connectivity index (χ1) is 9.52. The minimum Gasteiger partial charge on any atom is -0.290 e. The highest BCUT2D eigenvalue weighted by Gasteiger charge is 2.23. The van der Waals surface area contributed by atoms with Gasteiger partial charge < -0.3 is 0 Å². The average Bonchev–Trinajstić information content (AvgIpc) is 2.86. The van der Waals surface area contributed by atoms with E-state index >= 15 is 0 Å². The summed E-state index contributed by atoms with van der Waals surface area (Å²) in [5.74, 6) is -0.632. The van der Waals surface area contributed by atoms with Gasteiger partial charge in [-0.05, 0) is 23.1 Å². The third-order valence-corrected chi connectivity index (χ3v) is 3.29. The number of ketones is 1. The minimum absolute atomic E-state index is 0.259. The van der Waals surface area contributed by atoms with Crippen LogP contribution in [0.1, 0.15) is 47.3 Å². The molecule has 0 radical (unpaired) electrons. The second-order valence-electron chi connectivity index (χ2n) is 5.12. The van der Waals surface area contributed by atoms with Crippen molar-refractivity contribution in [1.82, 2.24) is 9.78 Å². The van der Waals surface area contributed by atoms with Crippen LogP contribution in [0.2, 0.25) is 0 Å². The molecule has 20 heavy (non-hydrogen) atoms. The molecule has 0 saturated carbocycles. The van der Waals surface area contributed by atoms with Crippen LogP contribution in [-0.2, 0) is 7.05 Å². The lowest BCUT2D eigenvalue weighted by molar-refractivity contribution is 0.0973. The number of rotatable bonds is 4. The molecular formula is C16H17N3O. The van der Waals surface area contributed by atoms with Gasteiger partial charge >= 0.3 is 0 Å². The van der Waals surface area contributed by atoms with E-state index in [1.54, 1.807) is 24.0 Å². The van der Waals surface area contributed by atoms with Crippen molar-refractivity contribution in [2.45, 2.75) is 25.7 Å². The normalized spacial score (nSPS) is 12.2. The summed E-state index contributed by atoms with van der Waals surface area (Å²) >= 11 is 0. The molecule has 1 aromatic carbocycles. The summed E-state index contributed by atoms with van der Waals surface area (Å²) < 4.78 is 1.56. The predicted octanol–water partition coefficient (Wildman–Crippen LogP) is 3.03. The number of aromatic nitrogens is 2. The highest BCUT2D eigenvalue weighted by molar-refractivity contribution is 6.01. The molecule has 0 bridgehead atoms. The van der Waals surface area contributed by atoms with Crippen molar-refractivity contribution in [2.24, 2.45) is 7.05 Å². The third kappa shape index (κ3) is 2.77. The number of hydrogen-bond acceptors (Lipinski definition) is 3. The molecule has 0 fully saturated rings. The maximum absolute atomic E-state index is 12.3. The Labute approximate surface area is 118 Å². The van der Waals surface area contributed by atoms with Crippen molar-refractivity contribution in [3.05, 3.63) is 53.3 Å². The van der Waals surface area contributed by atoms with Gasteiger partial charge in [0, 0.05) is 13.2 Å². The number of benzene rings is 1. The number of carbonyl (C=O) groups is 1. The Morgan fingerprint density at radius 2 is 1.80 bits per heavy atom. The van der Waals surface area contributed by atoms with E-state index in [-0.39, 0.29) is 5.78 Å². The zero-order chi connectivity index (χ0) is 14.7. The first kappa shape index (κ1) is 14.0. The van der Waals surface area contributed by atoms with Crippen LogP contribution in [0.3, 0.4) is 0 Å². The van der Waals surface area contributed by atoms with Crippen LogP contribution < -0.4 is 0 Å². The Bertz CT molecular complexity index is 647. The summed E-state index contributed by atoms with van der Waals surface area (Å²) in [6.07, 6.45) is 1.70. The van der Waals surface area contributed by atoms with Gasteiger partial charge in [-0.1, -0.05) is 38.1 Å². The molecule has 102 valence electrons. The zero-order valence-corrected chi connectivity index (χ0v) is 11.9. The second-order valence-corrected chi connectivity index (χ2v) is 5.12. The Kier molecular flexibility index (Phi) is 3.99. The third-order valence-electron chi connectivity index (χ3n) is 3.29. The number of nitriles is 1. The van der Waals surface area contributed by atoms with E-state index in [1.807, 2.05) is 24.3 Å². The first-order valence-electron chi connectivity index (χ1n) is 6.56. The highest BCUT2D eigenvalue weighted by atomic mass is 16.1. The highest BCUT2D eigenvalue weighted by Crippen LogP contribution is 2.22. The van der Waals surface area contributed by atoms with Crippen LogP contribution in [0.4, 0.5) is 0 Å². The smallest absolute Gasteiger partial charge is 0.204 e. The Hall–Kier alpha value is -2.41. The van der Waals surface area contributed by atoms with E-state index in [9.17, 15) is 10.1 Å². The summed E-state index contributed by atoms with van der Waals surface area (Å²) in [6.45, 7) is 4.21. The molecule has 0 amide bonds. The molecule has 0 aliphatic carbocycles. The lowest BCUT2D eigenvalue weighted by Gasteiger charge is -2.09. The monoisotopic (exact) mass is 267 g/mol. The molecule has 4 nitrogen and oxygen atoms in total. The molecule has 0 aliphatic rings. The van der Waals surface area contributed by atoms with Gasteiger partial charge in [-0.3, -0.25) is 9.48 Å². The molecule has 0 N–H and O–H groups in total. The van der Waals surface area contributed by atoms with Gasteiger partial charge in [-0.15, -0.1) is 0 Å². The van der Waals surface area contributed by atoms with Gasteiger partial charge in [0.2, 0.25) is 5.78 Å². The van der Waals surface area contributed by atoms with Crippen LogP contribution in [0.15, 0.2) is 36.5 Å². The standard InChI is InChI=1S/C16H17N3O/c1-11(2)12-4-6-13(7-5-12)14(10-17)16(20)15-8-9-19(3)18-15/h4-9,11,14H,1-3H3. The number of Topliss-reactive ketones (excluding diaryl/α,β-unsaturated/α-hetero) is 1. The average molecular weight is 267 g/mol. The van der Waals surface area contributed by atoms with Crippen molar-refractivity contribution in [3.63, 3.8) is 0 Å². The van der Waals surface area contributed by atoms with E-state index in [0.717, 1.165) is 0 Å². The van der Waals surface area contributed by atoms with Gasteiger partial charge in [-0.2, -0.15) is 10.4 Å². The van der Waals surface area contributed by atoms with Gasteiger partial charge in [-0.25, -0.2) is 0 Å². The molecule has 2 rings (SSSR count). The van der Waals surface area contributed by atoms with Crippen molar-refractivity contribution in [3.8, 4) is 6.07 Å². The first-order valence-corrected chi connectivity index (χ1v) is 6.56. The largest absolute Gasteiger partial charge is 0.290 e. The SMILES string of the molecule is CC(C)c1ccc(C(C#N)C(=O)c2ccn(C)n2)cc1. The molecule has 1 heterocycles. The lowest BCUT2D eigenvalue weighted by atomic mass is 9.92. The number of hydrogen-bond donors (Lipinski definition) is 0. The van der Waals surface area contributed by atoms with Crippen molar-refractivity contribution < 1.29 is 4.79 Å². The molecule has 1 aromatic heterocycles. The van der Waals surface area contributed by atoms with Crippen LogP contribution in [0, 0.1) is 11.3 Å². The fraction of sp³-hybridized carbons (Fsp3) is 0.312. The minimum atomic E-state index is -0.800. The molecule has 1 atom stereocenters. The zero-order valence-electron chi connectivity index (χ0n) is 11.9. The molecule has 1 unspecified atom stereocenters. The van der Waals surface area contributed by atoms with Crippen molar-refractivity contribution in [2.75, 3.05) is 0 Å². The molecule has 0 aliphatic heterocycles. The fourth-order valence-corrected chi connectivity index (χ4v) is 2.05. The van der Waals surface area contributed by atoms with Crippen LogP contribution in [0.5, 0.6) is 0 Å². The van der Waals surface area contributed by atoms with E-state index in [4.69, 9.17) is 0 Å². The molecular weight excluding hydrogens is 250 g/mol. The van der Waals surface area contributed by atoms with Crippen LogP contribution in [0.25, 0.3) is 0 Å². The van der Waals surface area contributed by atoms with Gasteiger partial charge in [0.05, 0.1) is 6.07 Å². The quantitative estimate of drug-likeness (QED) is 0.800. The number of carbonyl (C=O) groups excluding carboxylic acids is 1. The molecule has 0 saturated heterocycles. The Morgan fingerprint density at radius 1 is 1.20 bits per heavy atom. The summed E-state index contributed by atoms with van der Waals surface area (Å²) in [5.41, 5.74) is 2.23.